The lowest BCUT2D eigenvalue weighted by molar-refractivity contribution is -0.157. The predicted molar refractivity (Wildman–Crippen MR) is 96.7 cm³/mol. The molecule has 0 N–H and O–H groups in total. The highest BCUT2D eigenvalue weighted by atomic mass is 32.2. The normalized spacial score (nSPS) is 20.5. The quantitative estimate of drug-likeness (QED) is 0.559. The first-order valence-corrected chi connectivity index (χ1v) is 10.1. The molecule has 2 fully saturated rings. The molecule has 0 atom stereocenters. The highest BCUT2D eigenvalue weighted by Crippen LogP contribution is 2.24. The van der Waals surface area contributed by atoms with Crippen LogP contribution in [0.4, 0.5) is 0 Å². The molecule has 2 amide bonds. The fourth-order valence-corrected chi connectivity index (χ4v) is 4.99. The van der Waals surface area contributed by atoms with Crippen LogP contribution < -0.4 is 0 Å². The van der Waals surface area contributed by atoms with Gasteiger partial charge in [-0.3, -0.25) is 9.59 Å². The van der Waals surface area contributed by atoms with E-state index in [1.807, 2.05) is 0 Å². The molecule has 1 aromatic rings. The van der Waals surface area contributed by atoms with Gasteiger partial charge >= 0.3 is 11.8 Å². The maximum atomic E-state index is 12.7. The van der Waals surface area contributed by atoms with Crippen LogP contribution in [0.3, 0.4) is 0 Å². The van der Waals surface area contributed by atoms with Crippen LogP contribution in [0.1, 0.15) is 12.8 Å². The summed E-state index contributed by atoms with van der Waals surface area (Å²) >= 11 is 0. The molecule has 0 aliphatic carbocycles. The fraction of sp³-hybridized carbons (Fsp3) is 0.444. The maximum absolute atomic E-state index is 12.7. The zero-order chi connectivity index (χ0) is 18.7. The third-order valence-corrected chi connectivity index (χ3v) is 6.85. The van der Waals surface area contributed by atoms with E-state index in [1.165, 1.54) is 9.21 Å². The van der Waals surface area contributed by atoms with E-state index in [0.29, 0.717) is 45.6 Å². The van der Waals surface area contributed by atoms with Crippen LogP contribution in [-0.4, -0.2) is 73.1 Å². The van der Waals surface area contributed by atoms with Gasteiger partial charge in [0.05, 0.1) is 4.90 Å². The van der Waals surface area contributed by atoms with Crippen molar-refractivity contribution in [3.8, 4) is 0 Å². The first kappa shape index (κ1) is 18.6. The monoisotopic (exact) mass is 377 g/mol. The topological polar surface area (TPSA) is 78.0 Å². The number of rotatable bonds is 5. The molecule has 2 saturated heterocycles. The molecule has 0 bridgehead atoms. The Morgan fingerprint density at radius 2 is 1.65 bits per heavy atom. The molecule has 0 radical (unpaired) electrons. The largest absolute Gasteiger partial charge is 0.330 e. The summed E-state index contributed by atoms with van der Waals surface area (Å²) in [6, 6.07) is 8.25. The summed E-state index contributed by atoms with van der Waals surface area (Å²) < 4.78 is 26.8. The van der Waals surface area contributed by atoms with Crippen molar-refractivity contribution in [2.24, 2.45) is 0 Å². The van der Waals surface area contributed by atoms with E-state index in [1.54, 1.807) is 41.3 Å². The molecule has 0 aromatic heterocycles. The lowest BCUT2D eigenvalue weighted by atomic mass is 10.0. The first-order chi connectivity index (χ1) is 12.4. The Kier molecular flexibility index (Phi) is 5.43. The molecule has 8 heteroatoms. The van der Waals surface area contributed by atoms with Gasteiger partial charge in [-0.25, -0.2) is 8.42 Å². The number of piperazine rings is 1. The van der Waals surface area contributed by atoms with Gasteiger partial charge in [0.2, 0.25) is 10.0 Å². The molecule has 0 unspecified atom stereocenters. The Morgan fingerprint density at radius 1 is 1.00 bits per heavy atom. The second-order valence-electron chi connectivity index (χ2n) is 6.49. The van der Waals surface area contributed by atoms with Gasteiger partial charge in [0.1, 0.15) is 0 Å². The van der Waals surface area contributed by atoms with Gasteiger partial charge in [-0.2, -0.15) is 4.31 Å². The molecule has 26 heavy (non-hydrogen) atoms. The molecule has 2 aliphatic rings. The van der Waals surface area contributed by atoms with Crippen LogP contribution in [0.5, 0.6) is 0 Å². The number of sulfonamides is 1. The SMILES string of the molecule is C=CCN1CCN(C2CCN(S(=O)(=O)c3ccccc3)CC2)C(=O)C1=O. The molecular weight excluding hydrogens is 354 g/mol. The number of nitrogens with zero attached hydrogens (tertiary/aromatic N) is 3. The highest BCUT2D eigenvalue weighted by molar-refractivity contribution is 7.89. The smallest absolute Gasteiger partial charge is 0.312 e. The molecule has 2 heterocycles. The fourth-order valence-electron chi connectivity index (χ4n) is 3.50. The van der Waals surface area contributed by atoms with Gasteiger partial charge in [-0.1, -0.05) is 24.3 Å². The standard InChI is InChI=1S/C18H23N3O4S/c1-2-10-19-13-14-21(18(23)17(19)22)15-8-11-20(12-9-15)26(24,25)16-6-4-3-5-7-16/h2-7,15H,1,8-14H2. The van der Waals surface area contributed by atoms with Crippen molar-refractivity contribution in [2.75, 3.05) is 32.7 Å². The van der Waals surface area contributed by atoms with Gasteiger partial charge in [-0.05, 0) is 25.0 Å². The van der Waals surface area contributed by atoms with Crippen molar-refractivity contribution < 1.29 is 18.0 Å². The number of piperidine rings is 1. The average Bonchev–Trinajstić information content (AvgIpc) is 2.67. The molecule has 3 rings (SSSR count). The molecule has 0 saturated carbocycles. The second-order valence-corrected chi connectivity index (χ2v) is 8.42. The molecule has 7 nitrogen and oxygen atoms in total. The van der Waals surface area contributed by atoms with Crippen LogP contribution in [-0.2, 0) is 19.6 Å². The maximum Gasteiger partial charge on any atom is 0.312 e. The van der Waals surface area contributed by atoms with Gasteiger partial charge in [0, 0.05) is 38.8 Å². The third kappa shape index (κ3) is 3.52. The van der Waals surface area contributed by atoms with Crippen molar-refractivity contribution in [2.45, 2.75) is 23.8 Å². The highest BCUT2D eigenvalue weighted by Gasteiger charge is 2.38. The van der Waals surface area contributed by atoms with Crippen molar-refractivity contribution in [3.05, 3.63) is 43.0 Å². The number of carbonyl (C=O) groups is 2. The van der Waals surface area contributed by atoms with Crippen LogP contribution in [0.15, 0.2) is 47.9 Å². The van der Waals surface area contributed by atoms with Gasteiger partial charge in [-0.15, -0.1) is 6.58 Å². The van der Waals surface area contributed by atoms with Crippen molar-refractivity contribution in [1.82, 2.24) is 14.1 Å². The van der Waals surface area contributed by atoms with Gasteiger partial charge in [0.15, 0.2) is 0 Å². The number of hydrogen-bond donors (Lipinski definition) is 0. The summed E-state index contributed by atoms with van der Waals surface area (Å²) in [5.41, 5.74) is 0. The first-order valence-electron chi connectivity index (χ1n) is 8.71. The third-order valence-electron chi connectivity index (χ3n) is 4.94. The number of amides is 2. The van der Waals surface area contributed by atoms with E-state index < -0.39 is 21.8 Å². The summed E-state index contributed by atoms with van der Waals surface area (Å²) in [6.45, 7) is 5.62. The zero-order valence-electron chi connectivity index (χ0n) is 14.6. The van der Waals surface area contributed by atoms with E-state index in [2.05, 4.69) is 6.58 Å². The summed E-state index contributed by atoms with van der Waals surface area (Å²) in [5, 5.41) is 0. The lowest BCUT2D eigenvalue weighted by Crippen LogP contribution is -2.59. The van der Waals surface area contributed by atoms with Gasteiger partial charge < -0.3 is 9.80 Å². The minimum absolute atomic E-state index is 0.0976. The summed E-state index contributed by atoms with van der Waals surface area (Å²) in [4.78, 5) is 27.9. The molecule has 1 aromatic carbocycles. The molecule has 0 spiro atoms. The van der Waals surface area contributed by atoms with E-state index in [0.717, 1.165) is 0 Å². The molecule has 2 aliphatic heterocycles. The van der Waals surface area contributed by atoms with E-state index in [-0.39, 0.29) is 10.9 Å². The average molecular weight is 377 g/mol. The Morgan fingerprint density at radius 3 is 2.27 bits per heavy atom. The Bertz CT molecular complexity index is 786. The summed E-state index contributed by atoms with van der Waals surface area (Å²) in [5.74, 6) is -1.00. The van der Waals surface area contributed by atoms with Crippen molar-refractivity contribution in [1.29, 1.82) is 0 Å². The van der Waals surface area contributed by atoms with Crippen molar-refractivity contribution >= 4 is 21.8 Å². The van der Waals surface area contributed by atoms with E-state index in [4.69, 9.17) is 0 Å². The van der Waals surface area contributed by atoms with Crippen LogP contribution in [0.25, 0.3) is 0 Å². The van der Waals surface area contributed by atoms with Crippen molar-refractivity contribution in [3.63, 3.8) is 0 Å². The van der Waals surface area contributed by atoms with Crippen LogP contribution >= 0.6 is 0 Å². The minimum Gasteiger partial charge on any atom is -0.330 e. The van der Waals surface area contributed by atoms with Crippen LogP contribution in [0, 0.1) is 0 Å². The predicted octanol–water partition coefficient (Wildman–Crippen LogP) is 0.696. The number of benzene rings is 1. The molecule has 140 valence electrons. The Labute approximate surface area is 153 Å². The molecular formula is C18H23N3O4S. The van der Waals surface area contributed by atoms with E-state index in [9.17, 15) is 18.0 Å². The zero-order valence-corrected chi connectivity index (χ0v) is 15.4. The number of carbonyl (C=O) groups excluding carboxylic acids is 2. The lowest BCUT2D eigenvalue weighted by Gasteiger charge is -2.41. The number of hydrogen-bond acceptors (Lipinski definition) is 4. The van der Waals surface area contributed by atoms with Gasteiger partial charge in [0.25, 0.3) is 0 Å². The summed E-state index contributed by atoms with van der Waals surface area (Å²) in [7, 11) is -3.51. The van der Waals surface area contributed by atoms with E-state index >= 15 is 0 Å². The Balaban J connectivity index is 1.63. The second kappa shape index (κ2) is 7.59. The van der Waals surface area contributed by atoms with Crippen LogP contribution in [0.2, 0.25) is 0 Å². The Hall–Kier alpha value is -2.19. The minimum atomic E-state index is -3.51. The summed E-state index contributed by atoms with van der Waals surface area (Å²) in [6.07, 6.45) is 2.67.